The number of nitrogens with zero attached hydrogens (tertiary/aromatic N) is 1. The van der Waals surface area contributed by atoms with Crippen LogP contribution < -0.4 is 0 Å². The number of alkyl halides is 1. The van der Waals surface area contributed by atoms with Crippen molar-refractivity contribution in [1.82, 2.24) is 4.90 Å². The first-order chi connectivity index (χ1) is 8.29. The zero-order chi connectivity index (χ0) is 12.1. The van der Waals surface area contributed by atoms with Crippen molar-refractivity contribution in [1.29, 1.82) is 0 Å². The van der Waals surface area contributed by atoms with Crippen LogP contribution >= 0.6 is 11.6 Å². The van der Waals surface area contributed by atoms with Crippen LogP contribution in [-0.4, -0.2) is 42.4 Å². The lowest BCUT2D eigenvalue weighted by molar-refractivity contribution is -0.133. The lowest BCUT2D eigenvalue weighted by Gasteiger charge is -2.31. The number of Topliss-reactive ketones (excluding diaryl/α,β-unsaturated/α-hetero) is 1. The summed E-state index contributed by atoms with van der Waals surface area (Å²) in [6.07, 6.45) is -0.357. The van der Waals surface area contributed by atoms with E-state index in [9.17, 15) is 4.79 Å². The van der Waals surface area contributed by atoms with Crippen molar-refractivity contribution in [2.75, 3.05) is 25.6 Å². The molecule has 0 saturated carbocycles. The highest BCUT2D eigenvalue weighted by Crippen LogP contribution is 2.11. The quantitative estimate of drug-likeness (QED) is 0.765. The maximum absolute atomic E-state index is 11.5. The SMILES string of the molecule is O=C(CCl)C1CN(Cc2ccccc2)CCO1. The third-order valence-electron chi connectivity index (χ3n) is 2.89. The van der Waals surface area contributed by atoms with Crippen molar-refractivity contribution in [2.45, 2.75) is 12.6 Å². The predicted octanol–water partition coefficient (Wildman–Crippen LogP) is 1.70. The topological polar surface area (TPSA) is 29.5 Å². The minimum absolute atomic E-state index is 0.0237. The summed E-state index contributed by atoms with van der Waals surface area (Å²) in [6, 6.07) is 10.2. The Bertz CT molecular complexity index is 369. The van der Waals surface area contributed by atoms with Gasteiger partial charge in [-0.1, -0.05) is 30.3 Å². The van der Waals surface area contributed by atoms with Crippen LogP contribution in [0.5, 0.6) is 0 Å². The second-order valence-electron chi connectivity index (χ2n) is 4.18. The summed E-state index contributed by atoms with van der Waals surface area (Å²) >= 11 is 5.55. The molecule has 0 spiro atoms. The molecule has 0 aliphatic carbocycles. The molecule has 1 unspecified atom stereocenters. The minimum atomic E-state index is -0.357. The standard InChI is InChI=1S/C13H16ClNO2/c14-8-12(16)13-10-15(6-7-17-13)9-11-4-2-1-3-5-11/h1-5,13H,6-10H2. The van der Waals surface area contributed by atoms with E-state index in [1.54, 1.807) is 0 Å². The Kier molecular flexibility index (Phi) is 4.54. The lowest BCUT2D eigenvalue weighted by atomic mass is 10.1. The van der Waals surface area contributed by atoms with Gasteiger partial charge in [-0.15, -0.1) is 11.6 Å². The summed E-state index contributed by atoms with van der Waals surface area (Å²) in [5.74, 6) is 0.00791. The van der Waals surface area contributed by atoms with E-state index in [4.69, 9.17) is 16.3 Å². The molecule has 1 aliphatic rings. The van der Waals surface area contributed by atoms with Gasteiger partial charge in [-0.3, -0.25) is 9.69 Å². The summed E-state index contributed by atoms with van der Waals surface area (Å²) in [6.45, 7) is 2.96. The van der Waals surface area contributed by atoms with E-state index in [1.807, 2.05) is 18.2 Å². The van der Waals surface area contributed by atoms with Gasteiger partial charge in [-0.05, 0) is 5.56 Å². The molecular weight excluding hydrogens is 238 g/mol. The fourth-order valence-electron chi connectivity index (χ4n) is 1.97. The van der Waals surface area contributed by atoms with E-state index in [1.165, 1.54) is 5.56 Å². The molecule has 1 heterocycles. The van der Waals surface area contributed by atoms with Gasteiger partial charge in [0.1, 0.15) is 6.10 Å². The zero-order valence-corrected chi connectivity index (χ0v) is 10.4. The van der Waals surface area contributed by atoms with E-state index in [2.05, 4.69) is 17.0 Å². The molecule has 92 valence electrons. The minimum Gasteiger partial charge on any atom is -0.368 e. The number of rotatable bonds is 4. The monoisotopic (exact) mass is 253 g/mol. The van der Waals surface area contributed by atoms with Crippen LogP contribution in [0.2, 0.25) is 0 Å². The Labute approximate surface area is 106 Å². The molecule has 0 amide bonds. The van der Waals surface area contributed by atoms with Gasteiger partial charge < -0.3 is 4.74 Å². The Morgan fingerprint density at radius 2 is 2.18 bits per heavy atom. The van der Waals surface area contributed by atoms with Crippen LogP contribution in [0.3, 0.4) is 0 Å². The second kappa shape index (κ2) is 6.15. The molecule has 1 aromatic rings. The molecule has 0 bridgehead atoms. The lowest BCUT2D eigenvalue weighted by Crippen LogP contribution is -2.46. The van der Waals surface area contributed by atoms with Crippen LogP contribution in [-0.2, 0) is 16.1 Å². The van der Waals surface area contributed by atoms with Crippen LogP contribution in [0.25, 0.3) is 0 Å². The fourth-order valence-corrected chi connectivity index (χ4v) is 2.14. The molecule has 3 nitrogen and oxygen atoms in total. The van der Waals surface area contributed by atoms with Crippen molar-refractivity contribution in [3.05, 3.63) is 35.9 Å². The number of morpholine rings is 1. The number of carbonyl (C=O) groups excluding carboxylic acids is 1. The molecular formula is C13H16ClNO2. The molecule has 1 aliphatic heterocycles. The highest BCUT2D eigenvalue weighted by molar-refractivity contribution is 6.28. The maximum atomic E-state index is 11.5. The average molecular weight is 254 g/mol. The Morgan fingerprint density at radius 1 is 1.41 bits per heavy atom. The third-order valence-corrected chi connectivity index (χ3v) is 3.15. The smallest absolute Gasteiger partial charge is 0.177 e. The number of benzene rings is 1. The van der Waals surface area contributed by atoms with E-state index in [0.29, 0.717) is 13.2 Å². The first kappa shape index (κ1) is 12.6. The zero-order valence-electron chi connectivity index (χ0n) is 9.64. The number of hydrogen-bond acceptors (Lipinski definition) is 3. The van der Waals surface area contributed by atoms with Crippen molar-refractivity contribution in [3.8, 4) is 0 Å². The molecule has 17 heavy (non-hydrogen) atoms. The van der Waals surface area contributed by atoms with E-state index in [-0.39, 0.29) is 17.8 Å². The average Bonchev–Trinajstić information content (AvgIpc) is 2.39. The van der Waals surface area contributed by atoms with Crippen LogP contribution in [0, 0.1) is 0 Å². The van der Waals surface area contributed by atoms with Gasteiger partial charge in [0.25, 0.3) is 0 Å². The predicted molar refractivity (Wildman–Crippen MR) is 67.2 cm³/mol. The highest BCUT2D eigenvalue weighted by Gasteiger charge is 2.25. The summed E-state index contributed by atoms with van der Waals surface area (Å²) in [5, 5.41) is 0. The van der Waals surface area contributed by atoms with E-state index >= 15 is 0 Å². The first-order valence-corrected chi connectivity index (χ1v) is 6.29. The van der Waals surface area contributed by atoms with Gasteiger partial charge in [0, 0.05) is 19.6 Å². The number of ether oxygens (including phenoxy) is 1. The molecule has 0 N–H and O–H groups in total. The molecule has 1 fully saturated rings. The van der Waals surface area contributed by atoms with Crippen LogP contribution in [0.4, 0.5) is 0 Å². The number of hydrogen-bond donors (Lipinski definition) is 0. The fraction of sp³-hybridized carbons (Fsp3) is 0.462. The largest absolute Gasteiger partial charge is 0.368 e. The second-order valence-corrected chi connectivity index (χ2v) is 4.45. The van der Waals surface area contributed by atoms with Gasteiger partial charge in [0.2, 0.25) is 0 Å². The van der Waals surface area contributed by atoms with Crippen molar-refractivity contribution < 1.29 is 9.53 Å². The summed E-state index contributed by atoms with van der Waals surface area (Å²) < 4.78 is 5.42. The summed E-state index contributed by atoms with van der Waals surface area (Å²) in [4.78, 5) is 13.7. The van der Waals surface area contributed by atoms with Gasteiger partial charge in [0.05, 0.1) is 12.5 Å². The molecule has 2 rings (SSSR count). The van der Waals surface area contributed by atoms with Crippen LogP contribution in [0.15, 0.2) is 30.3 Å². The highest BCUT2D eigenvalue weighted by atomic mass is 35.5. The molecule has 1 atom stereocenters. The third kappa shape index (κ3) is 3.53. The number of halogens is 1. The Hall–Kier alpha value is -0.900. The van der Waals surface area contributed by atoms with Crippen molar-refractivity contribution in [3.63, 3.8) is 0 Å². The Balaban J connectivity index is 1.92. The van der Waals surface area contributed by atoms with Crippen LogP contribution in [0.1, 0.15) is 5.56 Å². The maximum Gasteiger partial charge on any atom is 0.177 e. The Morgan fingerprint density at radius 3 is 2.88 bits per heavy atom. The normalized spacial score (nSPS) is 21.4. The van der Waals surface area contributed by atoms with E-state index < -0.39 is 0 Å². The first-order valence-electron chi connectivity index (χ1n) is 5.76. The molecule has 4 heteroatoms. The van der Waals surface area contributed by atoms with Crippen molar-refractivity contribution >= 4 is 17.4 Å². The summed E-state index contributed by atoms with van der Waals surface area (Å²) in [5.41, 5.74) is 1.26. The summed E-state index contributed by atoms with van der Waals surface area (Å²) in [7, 11) is 0. The van der Waals surface area contributed by atoms with Gasteiger partial charge in [-0.2, -0.15) is 0 Å². The van der Waals surface area contributed by atoms with Gasteiger partial charge >= 0.3 is 0 Å². The van der Waals surface area contributed by atoms with Crippen molar-refractivity contribution in [2.24, 2.45) is 0 Å². The van der Waals surface area contributed by atoms with Gasteiger partial charge in [0.15, 0.2) is 5.78 Å². The van der Waals surface area contributed by atoms with E-state index in [0.717, 1.165) is 13.1 Å². The molecule has 0 radical (unpaired) electrons. The molecule has 1 saturated heterocycles. The van der Waals surface area contributed by atoms with Gasteiger partial charge in [-0.25, -0.2) is 0 Å². The number of ketones is 1. The molecule has 1 aromatic carbocycles. The molecule has 0 aromatic heterocycles. The number of carbonyl (C=O) groups is 1.